The molecule has 0 heterocycles. The van der Waals surface area contributed by atoms with Crippen LogP contribution in [0.1, 0.15) is 103 Å². The summed E-state index contributed by atoms with van der Waals surface area (Å²) in [4.78, 5) is 10.4. The molecule has 0 aliphatic heterocycles. The second kappa shape index (κ2) is 17.0. The summed E-state index contributed by atoms with van der Waals surface area (Å²) in [6, 6.07) is 5.39. The molecular formula is C24H42N2O3. The van der Waals surface area contributed by atoms with E-state index in [-0.39, 0.29) is 0 Å². The molecule has 5 nitrogen and oxygen atoms in total. The third kappa shape index (κ3) is 14.7. The highest BCUT2D eigenvalue weighted by molar-refractivity contribution is 5.66. The zero-order valence-electron chi connectivity index (χ0n) is 18.2. The van der Waals surface area contributed by atoms with E-state index in [1.54, 1.807) is 6.07 Å². The molecular weight excluding hydrogens is 364 g/mol. The Morgan fingerprint density at radius 2 is 1.17 bits per heavy atom. The molecule has 1 rings (SSSR count). The van der Waals surface area contributed by atoms with Gasteiger partial charge >= 0.3 is 5.97 Å². The van der Waals surface area contributed by atoms with Crippen molar-refractivity contribution in [2.45, 2.75) is 103 Å². The van der Waals surface area contributed by atoms with Gasteiger partial charge in [0.2, 0.25) is 0 Å². The lowest BCUT2D eigenvalue weighted by atomic mass is 10.0. The fourth-order valence-corrected chi connectivity index (χ4v) is 3.56. The maximum absolute atomic E-state index is 10.4. The molecule has 5 heteroatoms. The smallest absolute Gasteiger partial charge is 0.303 e. The summed E-state index contributed by atoms with van der Waals surface area (Å²) in [6.07, 6.45) is 18.9. The first-order chi connectivity index (χ1) is 14.1. The molecule has 0 atom stereocenters. The number of rotatable bonds is 19. The maximum atomic E-state index is 10.4. The number of anilines is 2. The quantitative estimate of drug-likeness (QED) is 0.178. The number of unbranched alkanes of at least 4 members (excludes halogenated alkanes) is 14. The molecule has 0 unspecified atom stereocenters. The number of carboxylic acids is 1. The van der Waals surface area contributed by atoms with Gasteiger partial charge in [0.1, 0.15) is 5.75 Å². The molecule has 166 valence electrons. The summed E-state index contributed by atoms with van der Waals surface area (Å²) < 4.78 is 5.72. The summed E-state index contributed by atoms with van der Waals surface area (Å²) >= 11 is 0. The highest BCUT2D eigenvalue weighted by Crippen LogP contribution is 2.23. The van der Waals surface area contributed by atoms with E-state index in [1.165, 1.54) is 77.0 Å². The molecule has 0 saturated carbocycles. The van der Waals surface area contributed by atoms with Crippen molar-refractivity contribution in [1.29, 1.82) is 0 Å². The minimum atomic E-state index is -0.668. The first-order valence-corrected chi connectivity index (χ1v) is 11.6. The first kappa shape index (κ1) is 25.1. The zero-order valence-corrected chi connectivity index (χ0v) is 18.2. The molecule has 0 aliphatic rings. The number of nitrogens with two attached hydrogens (primary N) is 2. The minimum absolute atomic E-state index is 0.326. The number of aliphatic carboxylic acids is 1. The second-order valence-electron chi connectivity index (χ2n) is 8.09. The highest BCUT2D eigenvalue weighted by atomic mass is 16.5. The largest absolute Gasteiger partial charge is 0.491 e. The number of benzene rings is 1. The predicted molar refractivity (Wildman–Crippen MR) is 122 cm³/mol. The van der Waals surface area contributed by atoms with E-state index in [0.29, 0.717) is 24.4 Å². The van der Waals surface area contributed by atoms with Crippen LogP contribution < -0.4 is 16.2 Å². The second-order valence-corrected chi connectivity index (χ2v) is 8.09. The van der Waals surface area contributed by atoms with Crippen LogP contribution in [0.25, 0.3) is 0 Å². The Bertz CT molecular complexity index is 549. The van der Waals surface area contributed by atoms with Crippen LogP contribution >= 0.6 is 0 Å². The standard InChI is InChI=1S/C24H42N2O3/c25-21-17-18-23(22(26)20-21)29-19-15-13-11-9-7-5-3-1-2-4-6-8-10-12-14-16-24(27)28/h17-18,20H,1-16,19,25-26H2,(H,27,28). The number of carbonyl (C=O) groups is 1. The Kier molecular flexibility index (Phi) is 14.7. The summed E-state index contributed by atoms with van der Waals surface area (Å²) in [7, 11) is 0. The average molecular weight is 407 g/mol. The molecule has 0 spiro atoms. The van der Waals surface area contributed by atoms with Crippen LogP contribution in [-0.2, 0) is 4.79 Å². The van der Waals surface area contributed by atoms with Gasteiger partial charge in [-0.3, -0.25) is 4.79 Å². The highest BCUT2D eigenvalue weighted by Gasteiger charge is 2.00. The molecule has 5 N–H and O–H groups in total. The van der Waals surface area contributed by atoms with Crippen molar-refractivity contribution in [3.05, 3.63) is 18.2 Å². The van der Waals surface area contributed by atoms with Crippen molar-refractivity contribution in [2.75, 3.05) is 18.1 Å². The Hall–Kier alpha value is -1.91. The zero-order chi connectivity index (χ0) is 21.2. The van der Waals surface area contributed by atoms with Crippen LogP contribution in [0.15, 0.2) is 18.2 Å². The SMILES string of the molecule is Nc1ccc(OCCCCCCCCCCCCCCCCCC(=O)O)c(N)c1. The van der Waals surface area contributed by atoms with Gasteiger partial charge in [0.15, 0.2) is 0 Å². The summed E-state index contributed by atoms with van der Waals surface area (Å²) in [5, 5.41) is 8.58. The van der Waals surface area contributed by atoms with Gasteiger partial charge in [0.25, 0.3) is 0 Å². The monoisotopic (exact) mass is 406 g/mol. The Balaban J connectivity index is 1.76. The van der Waals surface area contributed by atoms with E-state index in [0.717, 1.165) is 25.0 Å². The number of hydrogen-bond donors (Lipinski definition) is 3. The van der Waals surface area contributed by atoms with Gasteiger partial charge in [-0.15, -0.1) is 0 Å². The van der Waals surface area contributed by atoms with Gasteiger partial charge in [0, 0.05) is 12.1 Å². The molecule has 29 heavy (non-hydrogen) atoms. The van der Waals surface area contributed by atoms with Gasteiger partial charge in [-0.2, -0.15) is 0 Å². The lowest BCUT2D eigenvalue weighted by Crippen LogP contribution is -2.01. The van der Waals surface area contributed by atoms with E-state index in [9.17, 15) is 4.79 Å². The van der Waals surface area contributed by atoms with Crippen molar-refractivity contribution in [3.8, 4) is 5.75 Å². The van der Waals surface area contributed by atoms with Gasteiger partial charge in [-0.05, 0) is 31.0 Å². The van der Waals surface area contributed by atoms with Gasteiger partial charge in [-0.1, -0.05) is 83.5 Å². The van der Waals surface area contributed by atoms with Crippen molar-refractivity contribution in [3.63, 3.8) is 0 Å². The topological polar surface area (TPSA) is 98.6 Å². The molecule has 0 aliphatic carbocycles. The summed E-state index contributed by atoms with van der Waals surface area (Å²) in [5.41, 5.74) is 12.8. The number of hydrogen-bond acceptors (Lipinski definition) is 4. The fourth-order valence-electron chi connectivity index (χ4n) is 3.56. The molecule has 0 fully saturated rings. The van der Waals surface area contributed by atoms with Crippen LogP contribution in [0.4, 0.5) is 11.4 Å². The maximum Gasteiger partial charge on any atom is 0.303 e. The van der Waals surface area contributed by atoms with Gasteiger partial charge in [0.05, 0.1) is 12.3 Å². The minimum Gasteiger partial charge on any atom is -0.491 e. The lowest BCUT2D eigenvalue weighted by molar-refractivity contribution is -0.137. The van der Waals surface area contributed by atoms with Crippen molar-refractivity contribution in [1.82, 2.24) is 0 Å². The molecule has 0 aromatic heterocycles. The van der Waals surface area contributed by atoms with Crippen LogP contribution in [-0.4, -0.2) is 17.7 Å². The normalized spacial score (nSPS) is 10.9. The first-order valence-electron chi connectivity index (χ1n) is 11.6. The van der Waals surface area contributed by atoms with E-state index < -0.39 is 5.97 Å². The summed E-state index contributed by atoms with van der Waals surface area (Å²) in [6.45, 7) is 0.716. The Morgan fingerprint density at radius 1 is 0.724 bits per heavy atom. The van der Waals surface area contributed by atoms with E-state index in [1.807, 2.05) is 12.1 Å². The van der Waals surface area contributed by atoms with Crippen LogP contribution in [0, 0.1) is 0 Å². The number of ether oxygens (including phenoxy) is 1. The molecule has 0 bridgehead atoms. The summed E-state index contributed by atoms with van der Waals surface area (Å²) in [5.74, 6) is 0.0661. The Labute approximate surface area is 177 Å². The van der Waals surface area contributed by atoms with E-state index in [2.05, 4.69) is 0 Å². The molecule has 0 amide bonds. The fraction of sp³-hybridized carbons (Fsp3) is 0.708. The third-order valence-corrected chi connectivity index (χ3v) is 5.33. The number of nitrogen functional groups attached to an aromatic ring is 2. The third-order valence-electron chi connectivity index (χ3n) is 5.33. The number of carboxylic acid groups (broad SMARTS) is 1. The van der Waals surface area contributed by atoms with Crippen molar-refractivity contribution >= 4 is 17.3 Å². The lowest BCUT2D eigenvalue weighted by Gasteiger charge is -2.09. The van der Waals surface area contributed by atoms with Crippen molar-refractivity contribution in [2.24, 2.45) is 0 Å². The molecule has 0 saturated heterocycles. The van der Waals surface area contributed by atoms with Gasteiger partial charge in [-0.25, -0.2) is 0 Å². The predicted octanol–water partition coefficient (Wildman–Crippen LogP) is 6.56. The van der Waals surface area contributed by atoms with Crippen LogP contribution in [0.2, 0.25) is 0 Å². The molecule has 1 aromatic carbocycles. The average Bonchev–Trinajstić information content (AvgIpc) is 2.68. The van der Waals surface area contributed by atoms with Crippen LogP contribution in [0.5, 0.6) is 5.75 Å². The van der Waals surface area contributed by atoms with Gasteiger partial charge < -0.3 is 21.3 Å². The van der Waals surface area contributed by atoms with E-state index >= 15 is 0 Å². The Morgan fingerprint density at radius 3 is 1.62 bits per heavy atom. The molecule has 0 radical (unpaired) electrons. The van der Waals surface area contributed by atoms with Crippen molar-refractivity contribution < 1.29 is 14.6 Å². The van der Waals surface area contributed by atoms with E-state index in [4.69, 9.17) is 21.3 Å². The van der Waals surface area contributed by atoms with Crippen LogP contribution in [0.3, 0.4) is 0 Å². The molecule has 1 aromatic rings.